The molecular formula is C17H13Br2NO. The van der Waals surface area contributed by atoms with Crippen molar-refractivity contribution >= 4 is 42.8 Å². The highest BCUT2D eigenvalue weighted by molar-refractivity contribution is 9.10. The minimum Gasteiger partial charge on any atom is -0.491 e. The highest BCUT2D eigenvalue weighted by Crippen LogP contribution is 2.39. The van der Waals surface area contributed by atoms with Crippen LogP contribution >= 0.6 is 31.9 Å². The van der Waals surface area contributed by atoms with E-state index in [-0.39, 0.29) is 0 Å². The van der Waals surface area contributed by atoms with Crippen LogP contribution in [0.15, 0.2) is 59.1 Å². The van der Waals surface area contributed by atoms with Crippen molar-refractivity contribution in [1.82, 2.24) is 4.98 Å². The Morgan fingerprint density at radius 3 is 2.43 bits per heavy atom. The lowest BCUT2D eigenvalue weighted by atomic mass is 10.1. The number of hydrogen-bond donors (Lipinski definition) is 0. The van der Waals surface area contributed by atoms with Crippen molar-refractivity contribution in [3.05, 3.63) is 59.1 Å². The molecule has 3 rings (SSSR count). The summed E-state index contributed by atoms with van der Waals surface area (Å²) in [6, 6.07) is 18.2. The first-order chi connectivity index (χ1) is 10.3. The molecule has 0 aliphatic rings. The van der Waals surface area contributed by atoms with Crippen molar-refractivity contribution in [2.75, 3.05) is 11.9 Å². The standard InChI is InChI=1S/C17H13Br2NO/c18-10-11-21-17-13-8-4-5-9-14(13)20-16(15(17)19)12-6-2-1-3-7-12/h1-9H,10-11H2. The van der Waals surface area contributed by atoms with E-state index in [2.05, 4.69) is 44.0 Å². The molecule has 0 bridgehead atoms. The third kappa shape index (κ3) is 2.97. The Morgan fingerprint density at radius 2 is 1.67 bits per heavy atom. The fraction of sp³-hybridized carbons (Fsp3) is 0.118. The molecule has 0 radical (unpaired) electrons. The molecule has 2 aromatic carbocycles. The van der Waals surface area contributed by atoms with Gasteiger partial charge in [0.15, 0.2) is 0 Å². The maximum absolute atomic E-state index is 5.93. The quantitative estimate of drug-likeness (QED) is 0.538. The van der Waals surface area contributed by atoms with Gasteiger partial charge in [0, 0.05) is 16.3 Å². The minimum atomic E-state index is 0.612. The largest absolute Gasteiger partial charge is 0.491 e. The van der Waals surface area contributed by atoms with Crippen molar-refractivity contribution in [2.24, 2.45) is 0 Å². The van der Waals surface area contributed by atoms with Gasteiger partial charge in [0.05, 0.1) is 22.3 Å². The molecule has 1 aromatic heterocycles. The van der Waals surface area contributed by atoms with E-state index in [9.17, 15) is 0 Å². The van der Waals surface area contributed by atoms with Crippen molar-refractivity contribution in [3.8, 4) is 17.0 Å². The maximum Gasteiger partial charge on any atom is 0.145 e. The molecule has 0 saturated heterocycles. The molecule has 21 heavy (non-hydrogen) atoms. The second kappa shape index (κ2) is 6.58. The number of benzene rings is 2. The van der Waals surface area contributed by atoms with Gasteiger partial charge in [-0.25, -0.2) is 4.98 Å². The van der Waals surface area contributed by atoms with Gasteiger partial charge in [-0.2, -0.15) is 0 Å². The number of ether oxygens (including phenoxy) is 1. The zero-order valence-electron chi connectivity index (χ0n) is 11.2. The number of nitrogens with zero attached hydrogens (tertiary/aromatic N) is 1. The van der Waals surface area contributed by atoms with Crippen molar-refractivity contribution < 1.29 is 4.74 Å². The van der Waals surface area contributed by atoms with E-state index in [1.807, 2.05) is 42.5 Å². The summed E-state index contributed by atoms with van der Waals surface area (Å²) in [6.07, 6.45) is 0. The molecule has 0 fully saturated rings. The highest BCUT2D eigenvalue weighted by atomic mass is 79.9. The van der Waals surface area contributed by atoms with E-state index < -0.39 is 0 Å². The molecule has 0 atom stereocenters. The summed E-state index contributed by atoms with van der Waals surface area (Å²) in [5.41, 5.74) is 2.90. The van der Waals surface area contributed by atoms with Crippen LogP contribution in [-0.4, -0.2) is 16.9 Å². The van der Waals surface area contributed by atoms with Crippen LogP contribution in [0.5, 0.6) is 5.75 Å². The number of hydrogen-bond acceptors (Lipinski definition) is 2. The lowest BCUT2D eigenvalue weighted by Crippen LogP contribution is -2.01. The molecule has 0 spiro atoms. The fourth-order valence-corrected chi connectivity index (χ4v) is 3.03. The van der Waals surface area contributed by atoms with E-state index in [0.717, 1.165) is 37.7 Å². The normalized spacial score (nSPS) is 10.8. The van der Waals surface area contributed by atoms with Gasteiger partial charge in [-0.15, -0.1) is 0 Å². The second-order valence-corrected chi connectivity index (χ2v) is 6.11. The molecule has 4 heteroatoms. The molecule has 0 amide bonds. The Bertz CT molecular complexity index is 759. The minimum absolute atomic E-state index is 0.612. The lowest BCUT2D eigenvalue weighted by Gasteiger charge is -2.14. The number of halogens is 2. The zero-order chi connectivity index (χ0) is 14.7. The molecule has 106 valence electrons. The predicted molar refractivity (Wildman–Crippen MR) is 94.2 cm³/mol. The summed E-state index contributed by atoms with van der Waals surface area (Å²) in [4.78, 5) is 4.78. The third-order valence-electron chi connectivity index (χ3n) is 3.16. The van der Waals surface area contributed by atoms with Crippen LogP contribution < -0.4 is 4.74 Å². The molecule has 0 aliphatic heterocycles. The van der Waals surface area contributed by atoms with Gasteiger partial charge in [-0.3, -0.25) is 0 Å². The van der Waals surface area contributed by atoms with Crippen LogP contribution in [0, 0.1) is 0 Å². The Balaban J connectivity index is 2.24. The summed E-state index contributed by atoms with van der Waals surface area (Å²) in [5, 5.41) is 1.81. The lowest BCUT2D eigenvalue weighted by molar-refractivity contribution is 0.347. The zero-order valence-corrected chi connectivity index (χ0v) is 14.4. The Morgan fingerprint density at radius 1 is 0.952 bits per heavy atom. The van der Waals surface area contributed by atoms with E-state index in [4.69, 9.17) is 9.72 Å². The molecule has 0 aliphatic carbocycles. The number of aromatic nitrogens is 1. The smallest absolute Gasteiger partial charge is 0.145 e. The van der Waals surface area contributed by atoms with Gasteiger partial charge < -0.3 is 4.74 Å². The van der Waals surface area contributed by atoms with Crippen molar-refractivity contribution in [1.29, 1.82) is 0 Å². The number of para-hydroxylation sites is 1. The highest BCUT2D eigenvalue weighted by Gasteiger charge is 2.15. The molecule has 0 saturated carbocycles. The molecule has 0 N–H and O–H groups in total. The summed E-state index contributed by atoms with van der Waals surface area (Å²) in [7, 11) is 0. The second-order valence-electron chi connectivity index (χ2n) is 4.52. The van der Waals surface area contributed by atoms with E-state index in [1.165, 1.54) is 0 Å². The SMILES string of the molecule is BrCCOc1c(Br)c(-c2ccccc2)nc2ccccc12. The van der Waals surface area contributed by atoms with E-state index in [0.29, 0.717) is 6.61 Å². The Labute approximate surface area is 140 Å². The number of pyridine rings is 1. The van der Waals surface area contributed by atoms with Crippen LogP contribution in [0.2, 0.25) is 0 Å². The summed E-state index contributed by atoms with van der Waals surface area (Å²) in [5.74, 6) is 0.846. The van der Waals surface area contributed by atoms with E-state index in [1.54, 1.807) is 0 Å². The fourth-order valence-electron chi connectivity index (χ4n) is 2.23. The van der Waals surface area contributed by atoms with Gasteiger partial charge in [0.2, 0.25) is 0 Å². The van der Waals surface area contributed by atoms with E-state index >= 15 is 0 Å². The predicted octanol–water partition coefficient (Wildman–Crippen LogP) is 5.44. The van der Waals surface area contributed by atoms with Gasteiger partial charge in [0.25, 0.3) is 0 Å². The Hall–Kier alpha value is -1.39. The first-order valence-corrected chi connectivity index (χ1v) is 8.55. The maximum atomic E-state index is 5.93. The van der Waals surface area contributed by atoms with Gasteiger partial charge in [0.1, 0.15) is 5.75 Å². The number of fused-ring (bicyclic) bond motifs is 1. The van der Waals surface area contributed by atoms with Crippen LogP contribution in [0.3, 0.4) is 0 Å². The molecule has 2 nitrogen and oxygen atoms in total. The molecule has 1 heterocycles. The number of alkyl halides is 1. The monoisotopic (exact) mass is 405 g/mol. The Kier molecular flexibility index (Phi) is 4.56. The topological polar surface area (TPSA) is 22.1 Å². The van der Waals surface area contributed by atoms with Gasteiger partial charge in [-0.05, 0) is 28.1 Å². The van der Waals surface area contributed by atoms with Crippen LogP contribution in [-0.2, 0) is 0 Å². The molecular weight excluding hydrogens is 394 g/mol. The van der Waals surface area contributed by atoms with Crippen LogP contribution in [0.25, 0.3) is 22.2 Å². The molecule has 3 aromatic rings. The average molecular weight is 407 g/mol. The van der Waals surface area contributed by atoms with Gasteiger partial charge in [-0.1, -0.05) is 58.4 Å². The van der Waals surface area contributed by atoms with Crippen LogP contribution in [0.4, 0.5) is 0 Å². The number of rotatable bonds is 4. The van der Waals surface area contributed by atoms with Crippen molar-refractivity contribution in [2.45, 2.75) is 0 Å². The summed E-state index contributed by atoms with van der Waals surface area (Å²) >= 11 is 7.07. The third-order valence-corrected chi connectivity index (χ3v) is 4.22. The van der Waals surface area contributed by atoms with Gasteiger partial charge >= 0.3 is 0 Å². The summed E-state index contributed by atoms with van der Waals surface area (Å²) in [6.45, 7) is 0.612. The first-order valence-electron chi connectivity index (χ1n) is 6.63. The van der Waals surface area contributed by atoms with Crippen molar-refractivity contribution in [3.63, 3.8) is 0 Å². The molecule has 0 unspecified atom stereocenters. The average Bonchev–Trinajstić information content (AvgIpc) is 2.54. The van der Waals surface area contributed by atoms with Crippen LogP contribution in [0.1, 0.15) is 0 Å². The summed E-state index contributed by atoms with van der Waals surface area (Å²) < 4.78 is 6.82. The first kappa shape index (κ1) is 14.5.